The molecule has 1 N–H and O–H groups in total. The first-order valence-corrected chi connectivity index (χ1v) is 8.44. The van der Waals surface area contributed by atoms with Gasteiger partial charge in [-0.05, 0) is 23.8 Å². The topological polar surface area (TPSA) is 56.8 Å². The van der Waals surface area contributed by atoms with E-state index < -0.39 is 0 Å². The van der Waals surface area contributed by atoms with Crippen molar-refractivity contribution in [3.8, 4) is 17.2 Å². The summed E-state index contributed by atoms with van der Waals surface area (Å²) >= 11 is 0. The minimum absolute atomic E-state index is 0.0237. The molecule has 130 valence electrons. The molecule has 2 aromatic carbocycles. The standard InChI is InChI=1S/C20H21NO4/c1-23-15-8-5-9-16(24-2)13(15)10-21-20(22)19-14-11-25-17-7-4-3-6-12(17)18(14)19/h3-9,14,18-19H,10-11H2,1-2H3,(H,21,22). The predicted octanol–water partition coefficient (Wildman–Crippen LogP) is 2.74. The number of carbonyl (C=O) groups is 1. The van der Waals surface area contributed by atoms with E-state index in [1.807, 2.05) is 36.4 Å². The minimum atomic E-state index is -0.0237. The molecule has 1 fully saturated rings. The van der Waals surface area contributed by atoms with E-state index in [9.17, 15) is 4.79 Å². The van der Waals surface area contributed by atoms with Crippen molar-refractivity contribution in [2.75, 3.05) is 20.8 Å². The molecule has 1 saturated carbocycles. The summed E-state index contributed by atoms with van der Waals surface area (Å²) < 4.78 is 16.5. The van der Waals surface area contributed by atoms with Crippen molar-refractivity contribution in [1.82, 2.24) is 5.32 Å². The Morgan fingerprint density at radius 2 is 1.84 bits per heavy atom. The Bertz CT molecular complexity index is 782. The molecule has 0 aromatic heterocycles. The average molecular weight is 339 g/mol. The van der Waals surface area contributed by atoms with E-state index in [-0.39, 0.29) is 23.7 Å². The summed E-state index contributed by atoms with van der Waals surface area (Å²) in [5.41, 5.74) is 2.00. The normalized spacial score (nSPS) is 22.9. The molecule has 1 amide bonds. The van der Waals surface area contributed by atoms with Gasteiger partial charge < -0.3 is 19.5 Å². The number of rotatable bonds is 5. The lowest BCUT2D eigenvalue weighted by Crippen LogP contribution is -2.26. The van der Waals surface area contributed by atoms with Crippen LogP contribution in [0.1, 0.15) is 17.0 Å². The summed E-state index contributed by atoms with van der Waals surface area (Å²) in [4.78, 5) is 12.7. The van der Waals surface area contributed by atoms with Crippen LogP contribution >= 0.6 is 0 Å². The number of benzene rings is 2. The molecule has 2 aromatic rings. The Hall–Kier alpha value is -2.69. The highest BCUT2D eigenvalue weighted by Gasteiger charge is 2.58. The smallest absolute Gasteiger partial charge is 0.224 e. The van der Waals surface area contributed by atoms with Crippen molar-refractivity contribution in [3.05, 3.63) is 53.6 Å². The number of ether oxygens (including phenoxy) is 3. The summed E-state index contributed by atoms with van der Waals surface area (Å²) in [6.07, 6.45) is 0. The van der Waals surface area contributed by atoms with Gasteiger partial charge >= 0.3 is 0 Å². The molecule has 0 bridgehead atoms. The summed E-state index contributed by atoms with van der Waals surface area (Å²) in [6, 6.07) is 13.6. The maximum Gasteiger partial charge on any atom is 0.224 e. The van der Waals surface area contributed by atoms with Crippen LogP contribution in [0.25, 0.3) is 0 Å². The zero-order chi connectivity index (χ0) is 17.4. The predicted molar refractivity (Wildman–Crippen MR) is 93.1 cm³/mol. The molecule has 1 aliphatic carbocycles. The van der Waals surface area contributed by atoms with Crippen LogP contribution in [0.5, 0.6) is 17.2 Å². The van der Waals surface area contributed by atoms with Gasteiger partial charge in [0.15, 0.2) is 0 Å². The second kappa shape index (κ2) is 6.31. The van der Waals surface area contributed by atoms with Crippen LogP contribution < -0.4 is 19.5 Å². The zero-order valence-electron chi connectivity index (χ0n) is 14.3. The van der Waals surface area contributed by atoms with Crippen LogP contribution in [-0.2, 0) is 11.3 Å². The third-order valence-electron chi connectivity index (χ3n) is 5.15. The second-order valence-electron chi connectivity index (χ2n) is 6.42. The SMILES string of the molecule is COc1cccc(OC)c1CNC(=O)C1C2COc3ccccc3C21. The van der Waals surface area contributed by atoms with Crippen LogP contribution in [0.4, 0.5) is 0 Å². The van der Waals surface area contributed by atoms with Gasteiger partial charge in [-0.2, -0.15) is 0 Å². The first kappa shape index (κ1) is 15.8. The van der Waals surface area contributed by atoms with Crippen molar-refractivity contribution in [1.29, 1.82) is 0 Å². The van der Waals surface area contributed by atoms with E-state index in [1.54, 1.807) is 14.2 Å². The quantitative estimate of drug-likeness (QED) is 0.910. The number of hydrogen-bond acceptors (Lipinski definition) is 4. The van der Waals surface area contributed by atoms with Crippen LogP contribution in [0, 0.1) is 11.8 Å². The molecule has 3 unspecified atom stereocenters. The highest BCUT2D eigenvalue weighted by atomic mass is 16.5. The molecule has 3 atom stereocenters. The Balaban J connectivity index is 1.47. The molecule has 0 radical (unpaired) electrons. The largest absolute Gasteiger partial charge is 0.496 e. The fourth-order valence-electron chi connectivity index (χ4n) is 3.83. The summed E-state index contributed by atoms with van der Waals surface area (Å²) in [5, 5.41) is 3.04. The third kappa shape index (κ3) is 2.69. The Kier molecular flexibility index (Phi) is 3.99. The maximum atomic E-state index is 12.7. The van der Waals surface area contributed by atoms with Crippen LogP contribution in [0.2, 0.25) is 0 Å². The summed E-state index contributed by atoms with van der Waals surface area (Å²) in [5.74, 6) is 2.90. The highest BCUT2D eigenvalue weighted by molar-refractivity contribution is 5.84. The first-order chi connectivity index (χ1) is 12.2. The number of nitrogens with one attached hydrogen (secondary N) is 1. The van der Waals surface area contributed by atoms with Gasteiger partial charge in [0, 0.05) is 11.8 Å². The minimum Gasteiger partial charge on any atom is -0.496 e. The molecule has 1 aliphatic heterocycles. The monoisotopic (exact) mass is 339 g/mol. The number of carbonyl (C=O) groups excluding carboxylic acids is 1. The molecule has 1 heterocycles. The Morgan fingerprint density at radius 3 is 2.56 bits per heavy atom. The average Bonchev–Trinajstić information content (AvgIpc) is 3.41. The van der Waals surface area contributed by atoms with Gasteiger partial charge in [-0.15, -0.1) is 0 Å². The molecule has 2 aliphatic rings. The maximum absolute atomic E-state index is 12.7. The van der Waals surface area contributed by atoms with Gasteiger partial charge in [0.2, 0.25) is 5.91 Å². The second-order valence-corrected chi connectivity index (χ2v) is 6.42. The van der Waals surface area contributed by atoms with E-state index in [0.29, 0.717) is 24.7 Å². The first-order valence-electron chi connectivity index (χ1n) is 8.44. The molecular formula is C20H21NO4. The molecule has 4 rings (SSSR count). The molecule has 5 nitrogen and oxygen atoms in total. The van der Waals surface area contributed by atoms with Crippen LogP contribution in [0.3, 0.4) is 0 Å². The lowest BCUT2D eigenvalue weighted by molar-refractivity contribution is -0.122. The van der Waals surface area contributed by atoms with Crippen molar-refractivity contribution in [2.24, 2.45) is 11.8 Å². The van der Waals surface area contributed by atoms with Crippen molar-refractivity contribution in [2.45, 2.75) is 12.5 Å². The van der Waals surface area contributed by atoms with Crippen LogP contribution in [-0.4, -0.2) is 26.7 Å². The Morgan fingerprint density at radius 1 is 1.12 bits per heavy atom. The van der Waals surface area contributed by atoms with E-state index in [4.69, 9.17) is 14.2 Å². The summed E-state index contributed by atoms with van der Waals surface area (Å²) in [6.45, 7) is 0.988. The van der Waals surface area contributed by atoms with Gasteiger partial charge in [-0.25, -0.2) is 0 Å². The fraction of sp³-hybridized carbons (Fsp3) is 0.350. The molecule has 5 heteroatoms. The van der Waals surface area contributed by atoms with Crippen molar-refractivity contribution >= 4 is 5.91 Å². The lowest BCUT2D eigenvalue weighted by Gasteiger charge is -2.15. The van der Waals surface area contributed by atoms with E-state index in [0.717, 1.165) is 16.9 Å². The van der Waals surface area contributed by atoms with Crippen molar-refractivity contribution in [3.63, 3.8) is 0 Å². The van der Waals surface area contributed by atoms with Gasteiger partial charge in [-0.3, -0.25) is 4.79 Å². The third-order valence-corrected chi connectivity index (χ3v) is 5.15. The van der Waals surface area contributed by atoms with Gasteiger partial charge in [0.1, 0.15) is 17.2 Å². The number of para-hydroxylation sites is 1. The van der Waals surface area contributed by atoms with E-state index in [2.05, 4.69) is 11.4 Å². The van der Waals surface area contributed by atoms with Crippen LogP contribution in [0.15, 0.2) is 42.5 Å². The number of hydrogen-bond donors (Lipinski definition) is 1. The summed E-state index contributed by atoms with van der Waals surface area (Å²) in [7, 11) is 3.23. The molecule has 0 spiro atoms. The zero-order valence-corrected chi connectivity index (χ0v) is 14.3. The fourth-order valence-corrected chi connectivity index (χ4v) is 3.83. The molecular weight excluding hydrogens is 318 g/mol. The number of methoxy groups -OCH3 is 2. The highest BCUT2D eigenvalue weighted by Crippen LogP contribution is 2.58. The van der Waals surface area contributed by atoms with Gasteiger partial charge in [-0.1, -0.05) is 24.3 Å². The molecule has 25 heavy (non-hydrogen) atoms. The van der Waals surface area contributed by atoms with E-state index in [1.165, 1.54) is 0 Å². The number of fused-ring (bicyclic) bond motifs is 3. The van der Waals surface area contributed by atoms with Gasteiger partial charge in [0.25, 0.3) is 0 Å². The van der Waals surface area contributed by atoms with E-state index >= 15 is 0 Å². The van der Waals surface area contributed by atoms with Crippen molar-refractivity contribution < 1.29 is 19.0 Å². The lowest BCUT2D eigenvalue weighted by atomic mass is 10.1. The molecule has 0 saturated heterocycles. The van der Waals surface area contributed by atoms with Gasteiger partial charge in [0.05, 0.1) is 38.9 Å². The Labute approximate surface area is 146 Å². The number of amides is 1.